The molecule has 0 nitrogen and oxygen atoms in total. The zero-order valence-corrected chi connectivity index (χ0v) is 8.58. The molecule has 0 aliphatic rings. The minimum atomic E-state index is -0.393. The van der Waals surface area contributed by atoms with Gasteiger partial charge in [-0.3, -0.25) is 0 Å². The fourth-order valence-corrected chi connectivity index (χ4v) is 1.56. The van der Waals surface area contributed by atoms with E-state index >= 15 is 0 Å². The number of hydrogen-bond donors (Lipinski definition) is 0. The van der Waals surface area contributed by atoms with Gasteiger partial charge in [0.1, 0.15) is 11.6 Å². The topological polar surface area (TPSA) is 0 Å². The van der Waals surface area contributed by atoms with Crippen molar-refractivity contribution in [3.05, 3.63) is 66.2 Å². The van der Waals surface area contributed by atoms with Crippen LogP contribution >= 0.6 is 0 Å². The van der Waals surface area contributed by atoms with E-state index in [0.717, 1.165) is 0 Å². The van der Waals surface area contributed by atoms with Gasteiger partial charge in [-0.1, -0.05) is 43.0 Å². The Labute approximate surface area is 92.9 Å². The van der Waals surface area contributed by atoms with Crippen molar-refractivity contribution in [3.63, 3.8) is 0 Å². The van der Waals surface area contributed by atoms with Crippen LogP contribution in [-0.4, -0.2) is 0 Å². The van der Waals surface area contributed by atoms with Crippen molar-refractivity contribution >= 4 is 6.08 Å². The molecule has 0 saturated heterocycles. The van der Waals surface area contributed by atoms with Gasteiger partial charge in [0.15, 0.2) is 0 Å². The molecule has 0 amide bonds. The third kappa shape index (κ3) is 1.87. The molecule has 0 aromatic heterocycles. The van der Waals surface area contributed by atoms with Crippen LogP contribution in [-0.2, 0) is 0 Å². The lowest BCUT2D eigenvalue weighted by Crippen LogP contribution is -1.87. The van der Waals surface area contributed by atoms with E-state index in [1.165, 1.54) is 18.2 Å². The number of benzene rings is 2. The van der Waals surface area contributed by atoms with Gasteiger partial charge in [-0.2, -0.15) is 0 Å². The minimum absolute atomic E-state index is 0.353. The molecular formula is C14H10F2. The van der Waals surface area contributed by atoms with Crippen molar-refractivity contribution in [2.45, 2.75) is 0 Å². The Morgan fingerprint density at radius 2 is 1.69 bits per heavy atom. The molecule has 0 spiro atoms. The van der Waals surface area contributed by atoms with Crippen LogP contribution in [0, 0.1) is 11.6 Å². The van der Waals surface area contributed by atoms with Crippen molar-refractivity contribution in [2.24, 2.45) is 0 Å². The molecule has 0 aliphatic carbocycles. The van der Waals surface area contributed by atoms with Crippen LogP contribution in [0.15, 0.2) is 49.0 Å². The predicted octanol–water partition coefficient (Wildman–Crippen LogP) is 4.27. The Morgan fingerprint density at radius 1 is 0.938 bits per heavy atom. The molecule has 16 heavy (non-hydrogen) atoms. The lowest BCUT2D eigenvalue weighted by atomic mass is 10.0. The maximum Gasteiger partial charge on any atom is 0.131 e. The molecule has 0 atom stereocenters. The standard InChI is InChI=1S/C14H10F2/c1-2-10-7-8-11(9-14(10)16)12-5-3-4-6-13(12)15/h2-9H,1H2. The van der Waals surface area contributed by atoms with Gasteiger partial charge in [0.05, 0.1) is 0 Å². The Morgan fingerprint density at radius 3 is 2.31 bits per heavy atom. The molecule has 0 radical (unpaired) electrons. The predicted molar refractivity (Wildman–Crippen MR) is 61.9 cm³/mol. The molecule has 0 heterocycles. The van der Waals surface area contributed by atoms with E-state index in [9.17, 15) is 8.78 Å². The van der Waals surface area contributed by atoms with Crippen molar-refractivity contribution in [2.75, 3.05) is 0 Å². The molecule has 2 aromatic rings. The maximum atomic E-state index is 13.5. The van der Waals surface area contributed by atoms with Gasteiger partial charge in [-0.15, -0.1) is 0 Å². The van der Waals surface area contributed by atoms with Crippen molar-refractivity contribution in [3.8, 4) is 11.1 Å². The molecule has 0 N–H and O–H groups in total. The SMILES string of the molecule is C=Cc1ccc(-c2ccccc2F)cc1F. The summed E-state index contributed by atoms with van der Waals surface area (Å²) in [5, 5.41) is 0. The quantitative estimate of drug-likeness (QED) is 0.703. The van der Waals surface area contributed by atoms with E-state index in [1.807, 2.05) is 0 Å². The summed E-state index contributed by atoms with van der Waals surface area (Å²) in [5.74, 6) is -0.746. The maximum absolute atomic E-state index is 13.5. The highest BCUT2D eigenvalue weighted by molar-refractivity contribution is 5.66. The number of hydrogen-bond acceptors (Lipinski definition) is 0. The molecule has 0 unspecified atom stereocenters. The van der Waals surface area contributed by atoms with E-state index in [0.29, 0.717) is 16.7 Å². The fraction of sp³-hybridized carbons (Fsp3) is 0. The normalized spacial score (nSPS) is 10.1. The van der Waals surface area contributed by atoms with Crippen LogP contribution in [0.3, 0.4) is 0 Å². The molecule has 2 aromatic carbocycles. The highest BCUT2D eigenvalue weighted by atomic mass is 19.1. The van der Waals surface area contributed by atoms with Crippen LogP contribution in [0.2, 0.25) is 0 Å². The Kier molecular flexibility index (Phi) is 2.82. The van der Waals surface area contributed by atoms with Crippen molar-refractivity contribution < 1.29 is 8.78 Å². The second-order valence-electron chi connectivity index (χ2n) is 3.42. The van der Waals surface area contributed by atoms with E-state index in [1.54, 1.807) is 30.3 Å². The number of rotatable bonds is 2. The summed E-state index contributed by atoms with van der Waals surface area (Å²) in [4.78, 5) is 0. The average Bonchev–Trinajstić information content (AvgIpc) is 2.29. The Balaban J connectivity index is 2.54. The average molecular weight is 216 g/mol. The minimum Gasteiger partial charge on any atom is -0.206 e. The lowest BCUT2D eigenvalue weighted by Gasteiger charge is -2.04. The molecule has 2 heteroatoms. The van der Waals surface area contributed by atoms with Crippen molar-refractivity contribution in [1.29, 1.82) is 0 Å². The summed E-state index contributed by atoms with van der Waals surface area (Å²) in [6, 6.07) is 10.9. The van der Waals surface area contributed by atoms with Gasteiger partial charge in [0.2, 0.25) is 0 Å². The van der Waals surface area contributed by atoms with Crippen LogP contribution in [0.5, 0.6) is 0 Å². The Hall–Kier alpha value is -1.96. The third-order valence-electron chi connectivity index (χ3n) is 2.41. The first-order valence-electron chi connectivity index (χ1n) is 4.89. The van der Waals surface area contributed by atoms with E-state index in [2.05, 4.69) is 6.58 Å². The fourth-order valence-electron chi connectivity index (χ4n) is 1.56. The second-order valence-corrected chi connectivity index (χ2v) is 3.42. The number of halogens is 2. The first kappa shape index (κ1) is 10.6. The van der Waals surface area contributed by atoms with E-state index in [4.69, 9.17) is 0 Å². The molecule has 2 rings (SSSR count). The first-order valence-corrected chi connectivity index (χ1v) is 4.89. The smallest absolute Gasteiger partial charge is 0.131 e. The van der Waals surface area contributed by atoms with Crippen LogP contribution < -0.4 is 0 Å². The highest BCUT2D eigenvalue weighted by Gasteiger charge is 2.06. The van der Waals surface area contributed by atoms with Gasteiger partial charge in [0.25, 0.3) is 0 Å². The molecule has 80 valence electrons. The largest absolute Gasteiger partial charge is 0.206 e. The zero-order valence-electron chi connectivity index (χ0n) is 8.58. The van der Waals surface area contributed by atoms with Crippen LogP contribution in [0.1, 0.15) is 5.56 Å². The zero-order chi connectivity index (χ0) is 11.5. The summed E-state index contributed by atoms with van der Waals surface area (Å²) in [6.07, 6.45) is 1.43. The van der Waals surface area contributed by atoms with Gasteiger partial charge in [-0.05, 0) is 17.7 Å². The van der Waals surface area contributed by atoms with Crippen LogP contribution in [0.4, 0.5) is 8.78 Å². The summed E-state index contributed by atoms with van der Waals surface area (Å²) in [7, 11) is 0. The van der Waals surface area contributed by atoms with Crippen LogP contribution in [0.25, 0.3) is 17.2 Å². The Bertz CT molecular complexity index is 530. The van der Waals surface area contributed by atoms with Crippen molar-refractivity contribution in [1.82, 2.24) is 0 Å². The summed E-state index contributed by atoms with van der Waals surface area (Å²) < 4.78 is 26.9. The third-order valence-corrected chi connectivity index (χ3v) is 2.41. The van der Waals surface area contributed by atoms with E-state index in [-0.39, 0.29) is 5.82 Å². The summed E-state index contributed by atoms with van der Waals surface area (Å²) in [5.41, 5.74) is 1.35. The summed E-state index contributed by atoms with van der Waals surface area (Å²) in [6.45, 7) is 3.50. The molecule has 0 saturated carbocycles. The molecular weight excluding hydrogens is 206 g/mol. The van der Waals surface area contributed by atoms with Gasteiger partial charge < -0.3 is 0 Å². The second kappa shape index (κ2) is 4.27. The van der Waals surface area contributed by atoms with E-state index < -0.39 is 5.82 Å². The molecule has 0 aliphatic heterocycles. The van der Waals surface area contributed by atoms with Gasteiger partial charge >= 0.3 is 0 Å². The first-order chi connectivity index (χ1) is 7.72. The van der Waals surface area contributed by atoms with Gasteiger partial charge in [-0.25, -0.2) is 8.78 Å². The molecule has 0 bridgehead atoms. The van der Waals surface area contributed by atoms with Gasteiger partial charge in [0, 0.05) is 11.1 Å². The lowest BCUT2D eigenvalue weighted by molar-refractivity contribution is 0.623. The molecule has 0 fully saturated rings. The summed E-state index contributed by atoms with van der Waals surface area (Å²) >= 11 is 0. The highest BCUT2D eigenvalue weighted by Crippen LogP contribution is 2.24. The monoisotopic (exact) mass is 216 g/mol.